The maximum atomic E-state index is 12.6. The van der Waals surface area contributed by atoms with E-state index in [1.165, 1.54) is 30.1 Å². The van der Waals surface area contributed by atoms with Crippen LogP contribution in [0.3, 0.4) is 0 Å². The van der Waals surface area contributed by atoms with Crippen LogP contribution in [0.4, 0.5) is 13.2 Å². The molecule has 30 heavy (non-hydrogen) atoms. The average Bonchev–Trinajstić information content (AvgIpc) is 3.16. The van der Waals surface area contributed by atoms with Gasteiger partial charge < -0.3 is 9.84 Å². The molecule has 2 rings (SSSR count). The van der Waals surface area contributed by atoms with Gasteiger partial charge in [0.15, 0.2) is 0 Å². The van der Waals surface area contributed by atoms with Gasteiger partial charge in [0.05, 0.1) is 5.04 Å². The number of amides is 1. The first-order valence-electron chi connectivity index (χ1n) is 8.86. The van der Waals surface area contributed by atoms with Crippen molar-refractivity contribution in [1.29, 1.82) is 5.41 Å². The van der Waals surface area contributed by atoms with Crippen molar-refractivity contribution in [2.24, 2.45) is 5.41 Å². The van der Waals surface area contributed by atoms with Crippen LogP contribution in [0.1, 0.15) is 43.9 Å². The Morgan fingerprint density at radius 1 is 1.37 bits per heavy atom. The normalized spacial score (nSPS) is 14.3. The summed E-state index contributed by atoms with van der Waals surface area (Å²) >= 11 is 7.39. The SMILES string of the molecule is CC(SC(=N)C(C)(C)CNC(=O)c1ccnc(-c2noc(C(F)(F)F)n2)c1)[C@@H](C)Cl. The van der Waals surface area contributed by atoms with Gasteiger partial charge in [-0.05, 0) is 19.1 Å². The molecular weight excluding hydrogens is 443 g/mol. The second-order valence-corrected chi connectivity index (χ2v) is 9.32. The molecule has 0 bridgehead atoms. The van der Waals surface area contributed by atoms with Gasteiger partial charge in [0.1, 0.15) is 5.69 Å². The van der Waals surface area contributed by atoms with Gasteiger partial charge in [0.2, 0.25) is 5.82 Å². The molecule has 0 spiro atoms. The molecule has 2 aromatic rings. The smallest absolute Gasteiger partial charge is 0.351 e. The molecule has 0 aliphatic rings. The summed E-state index contributed by atoms with van der Waals surface area (Å²) in [4.78, 5) is 19.7. The van der Waals surface area contributed by atoms with Gasteiger partial charge in [0, 0.05) is 34.3 Å². The van der Waals surface area contributed by atoms with E-state index in [9.17, 15) is 18.0 Å². The van der Waals surface area contributed by atoms with Crippen LogP contribution in [0.5, 0.6) is 0 Å². The van der Waals surface area contributed by atoms with E-state index in [0.717, 1.165) is 0 Å². The van der Waals surface area contributed by atoms with Crippen molar-refractivity contribution in [1.82, 2.24) is 20.4 Å². The summed E-state index contributed by atoms with van der Waals surface area (Å²) in [6.07, 6.45) is -3.51. The number of nitrogens with one attached hydrogen (secondary N) is 2. The first kappa shape index (κ1) is 24.1. The Balaban J connectivity index is 2.07. The Morgan fingerprint density at radius 3 is 2.60 bits per heavy atom. The van der Waals surface area contributed by atoms with Crippen molar-refractivity contribution in [3.63, 3.8) is 0 Å². The molecule has 0 saturated heterocycles. The molecule has 2 heterocycles. The minimum absolute atomic E-state index is 0.0330. The van der Waals surface area contributed by atoms with E-state index in [4.69, 9.17) is 17.0 Å². The van der Waals surface area contributed by atoms with Gasteiger partial charge in [0.25, 0.3) is 5.91 Å². The molecule has 1 amide bonds. The van der Waals surface area contributed by atoms with Gasteiger partial charge in [-0.25, -0.2) is 0 Å². The van der Waals surface area contributed by atoms with Crippen molar-refractivity contribution in [3.05, 3.63) is 29.8 Å². The molecule has 2 N–H and O–H groups in total. The summed E-state index contributed by atoms with van der Waals surface area (Å²) in [6, 6.07) is 2.68. The van der Waals surface area contributed by atoms with Gasteiger partial charge >= 0.3 is 12.1 Å². The van der Waals surface area contributed by atoms with E-state index in [2.05, 4.69) is 25.0 Å². The molecule has 1 unspecified atom stereocenters. The van der Waals surface area contributed by atoms with Crippen LogP contribution in [-0.2, 0) is 6.18 Å². The fraction of sp³-hybridized carbons (Fsp3) is 0.500. The average molecular weight is 464 g/mol. The number of carbonyl (C=O) groups is 1. The highest BCUT2D eigenvalue weighted by atomic mass is 35.5. The van der Waals surface area contributed by atoms with Gasteiger partial charge in [-0.1, -0.05) is 25.9 Å². The lowest BCUT2D eigenvalue weighted by Crippen LogP contribution is -2.38. The molecule has 0 aliphatic carbocycles. The topological polar surface area (TPSA) is 105 Å². The maximum absolute atomic E-state index is 12.6. The number of pyridine rings is 1. The number of halogens is 4. The lowest BCUT2D eigenvalue weighted by Gasteiger charge is -2.27. The summed E-state index contributed by atoms with van der Waals surface area (Å²) in [5, 5.41) is 14.6. The van der Waals surface area contributed by atoms with Crippen LogP contribution in [0.15, 0.2) is 22.9 Å². The summed E-state index contributed by atoms with van der Waals surface area (Å²) in [5.74, 6) is -2.34. The minimum Gasteiger partial charge on any atom is -0.351 e. The fourth-order valence-electron chi connectivity index (χ4n) is 2.06. The Labute approximate surface area is 180 Å². The molecule has 7 nitrogen and oxygen atoms in total. The molecule has 2 aromatic heterocycles. The zero-order valence-corrected chi connectivity index (χ0v) is 18.2. The van der Waals surface area contributed by atoms with E-state index in [1.54, 1.807) is 0 Å². The molecule has 0 saturated carbocycles. The molecule has 0 fully saturated rings. The largest absolute Gasteiger partial charge is 0.471 e. The number of hydrogen-bond acceptors (Lipinski definition) is 7. The van der Waals surface area contributed by atoms with Crippen molar-refractivity contribution in [2.75, 3.05) is 6.54 Å². The summed E-state index contributed by atoms with van der Waals surface area (Å²) < 4.78 is 42.0. The third-order valence-corrected chi connectivity index (χ3v) is 6.27. The number of alkyl halides is 4. The molecule has 0 aromatic carbocycles. The van der Waals surface area contributed by atoms with E-state index in [0.29, 0.717) is 5.04 Å². The quantitative estimate of drug-likeness (QED) is 0.352. The number of nitrogens with zero attached hydrogens (tertiary/aromatic N) is 3. The number of aromatic nitrogens is 3. The zero-order valence-electron chi connectivity index (χ0n) is 16.7. The summed E-state index contributed by atoms with van der Waals surface area (Å²) in [7, 11) is 0. The van der Waals surface area contributed by atoms with Crippen molar-refractivity contribution >= 4 is 34.3 Å². The summed E-state index contributed by atoms with van der Waals surface area (Å²) in [6.45, 7) is 7.60. The Morgan fingerprint density at radius 2 is 2.03 bits per heavy atom. The summed E-state index contributed by atoms with van der Waals surface area (Å²) in [5.41, 5.74) is -0.503. The minimum atomic E-state index is -4.77. The number of thioether (sulfide) groups is 1. The highest BCUT2D eigenvalue weighted by Crippen LogP contribution is 2.30. The fourth-order valence-corrected chi connectivity index (χ4v) is 3.16. The van der Waals surface area contributed by atoms with Crippen molar-refractivity contribution in [2.45, 2.75) is 44.5 Å². The second-order valence-electron chi connectivity index (χ2n) is 7.25. The molecule has 164 valence electrons. The lowest BCUT2D eigenvalue weighted by molar-refractivity contribution is -0.159. The Bertz CT molecular complexity index is 917. The van der Waals surface area contributed by atoms with Crippen LogP contribution < -0.4 is 5.32 Å². The molecule has 0 aliphatic heterocycles. The third kappa shape index (κ3) is 6.18. The first-order chi connectivity index (χ1) is 13.8. The van der Waals surface area contributed by atoms with E-state index < -0.39 is 23.4 Å². The van der Waals surface area contributed by atoms with E-state index >= 15 is 0 Å². The Kier molecular flexibility index (Phi) is 7.51. The highest BCUT2D eigenvalue weighted by Gasteiger charge is 2.38. The van der Waals surface area contributed by atoms with Crippen molar-refractivity contribution in [3.8, 4) is 11.5 Å². The van der Waals surface area contributed by atoms with Crippen LogP contribution >= 0.6 is 23.4 Å². The van der Waals surface area contributed by atoms with Gasteiger partial charge in [-0.2, -0.15) is 18.2 Å². The van der Waals surface area contributed by atoms with E-state index in [1.807, 2.05) is 27.7 Å². The van der Waals surface area contributed by atoms with Crippen LogP contribution in [0, 0.1) is 10.8 Å². The van der Waals surface area contributed by atoms with Gasteiger partial charge in [-0.3, -0.25) is 15.2 Å². The monoisotopic (exact) mass is 463 g/mol. The predicted octanol–water partition coefficient (Wildman–Crippen LogP) is 4.63. The molecule has 0 radical (unpaired) electrons. The van der Waals surface area contributed by atoms with Crippen LogP contribution in [0.25, 0.3) is 11.5 Å². The standard InChI is InChI=1S/C18H21ClF3N5O2S/c1-9(19)10(2)30-15(23)17(3,4)8-25-14(28)11-5-6-24-12(7-11)13-26-16(29-27-13)18(20,21)22/h5-7,9-10,23H,8H2,1-4H3,(H,25,28)/t9-,10?/m1/s1. The van der Waals surface area contributed by atoms with Crippen molar-refractivity contribution < 1.29 is 22.5 Å². The molecule has 2 atom stereocenters. The highest BCUT2D eigenvalue weighted by molar-refractivity contribution is 8.14. The Hall–Kier alpha value is -2.14. The number of rotatable bonds is 7. The molecule has 12 heteroatoms. The van der Waals surface area contributed by atoms with Gasteiger partial charge in [-0.15, -0.1) is 23.4 Å². The second kappa shape index (κ2) is 9.34. The third-order valence-electron chi connectivity index (χ3n) is 4.18. The first-order valence-corrected chi connectivity index (χ1v) is 10.2. The van der Waals surface area contributed by atoms with Crippen LogP contribution in [-0.4, -0.2) is 43.2 Å². The zero-order chi connectivity index (χ0) is 22.7. The predicted molar refractivity (Wildman–Crippen MR) is 109 cm³/mol. The van der Waals surface area contributed by atoms with Crippen LogP contribution in [0.2, 0.25) is 0 Å². The number of carbonyl (C=O) groups excluding carboxylic acids is 1. The maximum Gasteiger partial charge on any atom is 0.471 e. The van der Waals surface area contributed by atoms with E-state index in [-0.39, 0.29) is 34.3 Å². The molecular formula is C18H21ClF3N5O2S. The lowest BCUT2D eigenvalue weighted by atomic mass is 9.95. The number of hydrogen-bond donors (Lipinski definition) is 2.